The lowest BCUT2D eigenvalue weighted by Gasteiger charge is -2.06. The van der Waals surface area contributed by atoms with Gasteiger partial charge in [0, 0.05) is 39.1 Å². The van der Waals surface area contributed by atoms with Gasteiger partial charge < -0.3 is 20.8 Å². The Labute approximate surface area is 120 Å². The van der Waals surface area contributed by atoms with Crippen molar-refractivity contribution in [3.05, 3.63) is 0 Å². The van der Waals surface area contributed by atoms with Gasteiger partial charge in [0.15, 0.2) is 0 Å². The van der Waals surface area contributed by atoms with Crippen LogP contribution in [0.1, 0.15) is 51.4 Å². The largest absolute Gasteiger partial charge is 0.396 e. The molecule has 6 nitrogen and oxygen atoms in total. The molecule has 20 heavy (non-hydrogen) atoms. The van der Waals surface area contributed by atoms with E-state index in [-0.39, 0.29) is 37.9 Å². The van der Waals surface area contributed by atoms with Gasteiger partial charge in [-0.1, -0.05) is 19.3 Å². The van der Waals surface area contributed by atoms with E-state index in [2.05, 4.69) is 10.6 Å². The van der Waals surface area contributed by atoms with Crippen molar-refractivity contribution >= 4 is 11.8 Å². The van der Waals surface area contributed by atoms with Crippen LogP contribution in [0.25, 0.3) is 0 Å². The van der Waals surface area contributed by atoms with Gasteiger partial charge in [0.05, 0.1) is 0 Å². The van der Waals surface area contributed by atoms with Crippen molar-refractivity contribution in [2.24, 2.45) is 0 Å². The molecule has 0 rings (SSSR count). The molecule has 0 fully saturated rings. The SMILES string of the molecule is O=C(CCC(=O)NCCCCCCCO)NCCCO. The van der Waals surface area contributed by atoms with Gasteiger partial charge >= 0.3 is 0 Å². The fourth-order valence-electron chi connectivity index (χ4n) is 1.71. The zero-order chi connectivity index (χ0) is 15.1. The summed E-state index contributed by atoms with van der Waals surface area (Å²) in [5, 5.41) is 22.6. The van der Waals surface area contributed by atoms with Gasteiger partial charge in [-0.15, -0.1) is 0 Å². The lowest BCUT2D eigenvalue weighted by molar-refractivity contribution is -0.126. The molecule has 0 aromatic rings. The van der Waals surface area contributed by atoms with E-state index in [1.807, 2.05) is 0 Å². The smallest absolute Gasteiger partial charge is 0.220 e. The highest BCUT2D eigenvalue weighted by atomic mass is 16.3. The topological polar surface area (TPSA) is 98.7 Å². The Morgan fingerprint density at radius 3 is 1.65 bits per heavy atom. The molecule has 0 aliphatic heterocycles. The molecule has 0 bridgehead atoms. The molecule has 0 spiro atoms. The first kappa shape index (κ1) is 18.9. The molecule has 0 unspecified atom stereocenters. The van der Waals surface area contributed by atoms with E-state index in [0.717, 1.165) is 32.1 Å². The molecule has 0 aromatic heterocycles. The molecular weight excluding hydrogens is 260 g/mol. The van der Waals surface area contributed by atoms with Crippen LogP contribution in [0.4, 0.5) is 0 Å². The van der Waals surface area contributed by atoms with Crippen LogP contribution in [0.3, 0.4) is 0 Å². The highest BCUT2D eigenvalue weighted by Crippen LogP contribution is 2.01. The first-order chi connectivity index (χ1) is 9.70. The first-order valence-corrected chi connectivity index (χ1v) is 7.45. The molecule has 0 radical (unpaired) electrons. The van der Waals surface area contributed by atoms with E-state index in [4.69, 9.17) is 10.2 Å². The summed E-state index contributed by atoms with van der Waals surface area (Å²) in [6.45, 7) is 1.39. The minimum atomic E-state index is -0.155. The van der Waals surface area contributed by atoms with E-state index in [9.17, 15) is 9.59 Å². The quantitative estimate of drug-likeness (QED) is 0.367. The van der Waals surface area contributed by atoms with Crippen LogP contribution in [0.15, 0.2) is 0 Å². The number of rotatable bonds is 13. The summed E-state index contributed by atoms with van der Waals surface area (Å²) in [6, 6.07) is 0. The van der Waals surface area contributed by atoms with Crippen LogP contribution in [0.2, 0.25) is 0 Å². The third-order valence-corrected chi connectivity index (χ3v) is 2.89. The van der Waals surface area contributed by atoms with Crippen molar-refractivity contribution in [3.8, 4) is 0 Å². The van der Waals surface area contributed by atoms with Crippen molar-refractivity contribution in [1.82, 2.24) is 10.6 Å². The summed E-state index contributed by atoms with van der Waals surface area (Å²) in [7, 11) is 0. The number of carbonyl (C=O) groups is 2. The lowest BCUT2D eigenvalue weighted by atomic mass is 10.1. The minimum Gasteiger partial charge on any atom is -0.396 e. The number of carbonyl (C=O) groups excluding carboxylic acids is 2. The number of amides is 2. The normalized spacial score (nSPS) is 10.3. The summed E-state index contributed by atoms with van der Waals surface area (Å²) >= 11 is 0. The average Bonchev–Trinajstić information content (AvgIpc) is 2.44. The van der Waals surface area contributed by atoms with Crippen LogP contribution < -0.4 is 10.6 Å². The van der Waals surface area contributed by atoms with E-state index in [0.29, 0.717) is 19.5 Å². The molecule has 0 atom stereocenters. The second kappa shape index (κ2) is 14.3. The standard InChI is InChI=1S/C14H28N2O4/c17-11-5-3-1-2-4-9-15-13(19)7-8-14(20)16-10-6-12-18/h17-18H,1-12H2,(H,15,19)(H,16,20). The molecule has 0 aliphatic carbocycles. The molecule has 0 heterocycles. The summed E-state index contributed by atoms with van der Waals surface area (Å²) in [4.78, 5) is 22.8. The van der Waals surface area contributed by atoms with E-state index in [1.165, 1.54) is 0 Å². The third kappa shape index (κ3) is 13.3. The number of aliphatic hydroxyl groups excluding tert-OH is 2. The number of nitrogens with one attached hydrogen (secondary N) is 2. The second-order valence-electron chi connectivity index (χ2n) is 4.77. The summed E-state index contributed by atoms with van der Waals surface area (Å²) in [5.41, 5.74) is 0. The van der Waals surface area contributed by atoms with Gasteiger partial charge in [0.25, 0.3) is 0 Å². The van der Waals surface area contributed by atoms with Gasteiger partial charge in [-0.05, 0) is 19.3 Å². The van der Waals surface area contributed by atoms with Crippen LogP contribution in [0.5, 0.6) is 0 Å². The maximum atomic E-state index is 11.4. The van der Waals surface area contributed by atoms with E-state index < -0.39 is 0 Å². The third-order valence-electron chi connectivity index (χ3n) is 2.89. The van der Waals surface area contributed by atoms with Gasteiger partial charge in [-0.25, -0.2) is 0 Å². The van der Waals surface area contributed by atoms with Crippen molar-refractivity contribution < 1.29 is 19.8 Å². The van der Waals surface area contributed by atoms with Gasteiger partial charge in [0.2, 0.25) is 11.8 Å². The minimum absolute atomic E-state index is 0.0546. The monoisotopic (exact) mass is 288 g/mol. The molecule has 4 N–H and O–H groups in total. The Bertz CT molecular complexity index is 260. The second-order valence-corrected chi connectivity index (χ2v) is 4.77. The maximum Gasteiger partial charge on any atom is 0.220 e. The highest BCUT2D eigenvalue weighted by molar-refractivity contribution is 5.83. The molecular formula is C14H28N2O4. The van der Waals surface area contributed by atoms with Crippen molar-refractivity contribution in [3.63, 3.8) is 0 Å². The Kier molecular flexibility index (Phi) is 13.5. The number of hydrogen-bond donors (Lipinski definition) is 4. The van der Waals surface area contributed by atoms with Crippen LogP contribution >= 0.6 is 0 Å². The zero-order valence-electron chi connectivity index (χ0n) is 12.2. The van der Waals surface area contributed by atoms with Gasteiger partial charge in [-0.3, -0.25) is 9.59 Å². The summed E-state index contributed by atoms with van der Waals surface area (Å²) in [5.74, 6) is -0.254. The summed E-state index contributed by atoms with van der Waals surface area (Å²) in [6.07, 6.45) is 5.85. The predicted molar refractivity (Wildman–Crippen MR) is 77.1 cm³/mol. The zero-order valence-corrected chi connectivity index (χ0v) is 12.2. The average molecular weight is 288 g/mol. The lowest BCUT2D eigenvalue weighted by Crippen LogP contribution is -2.29. The van der Waals surface area contributed by atoms with Crippen molar-refractivity contribution in [2.45, 2.75) is 51.4 Å². The number of unbranched alkanes of at least 4 members (excludes halogenated alkanes) is 4. The maximum absolute atomic E-state index is 11.4. The Morgan fingerprint density at radius 2 is 1.10 bits per heavy atom. The summed E-state index contributed by atoms with van der Waals surface area (Å²) < 4.78 is 0. The molecule has 2 amide bonds. The number of hydrogen-bond acceptors (Lipinski definition) is 4. The van der Waals surface area contributed by atoms with Crippen molar-refractivity contribution in [2.75, 3.05) is 26.3 Å². The molecule has 0 saturated carbocycles. The van der Waals surface area contributed by atoms with Crippen LogP contribution in [-0.4, -0.2) is 48.3 Å². The molecule has 0 saturated heterocycles. The number of aliphatic hydroxyl groups is 2. The fraction of sp³-hybridized carbons (Fsp3) is 0.857. The van der Waals surface area contributed by atoms with E-state index in [1.54, 1.807) is 0 Å². The van der Waals surface area contributed by atoms with Gasteiger partial charge in [-0.2, -0.15) is 0 Å². The van der Waals surface area contributed by atoms with Crippen molar-refractivity contribution in [1.29, 1.82) is 0 Å². The van der Waals surface area contributed by atoms with E-state index >= 15 is 0 Å². The first-order valence-electron chi connectivity index (χ1n) is 7.45. The van der Waals surface area contributed by atoms with Gasteiger partial charge in [0.1, 0.15) is 0 Å². The molecule has 6 heteroatoms. The molecule has 0 aromatic carbocycles. The predicted octanol–water partition coefficient (Wildman–Crippen LogP) is 0.324. The molecule has 118 valence electrons. The molecule has 0 aliphatic rings. The highest BCUT2D eigenvalue weighted by Gasteiger charge is 2.05. The Morgan fingerprint density at radius 1 is 0.650 bits per heavy atom. The Hall–Kier alpha value is -1.14. The van der Waals surface area contributed by atoms with Crippen LogP contribution in [0, 0.1) is 0 Å². The fourth-order valence-corrected chi connectivity index (χ4v) is 1.71. The van der Waals surface area contributed by atoms with Crippen LogP contribution in [-0.2, 0) is 9.59 Å². The Balaban J connectivity index is 3.34.